The third-order valence-corrected chi connectivity index (χ3v) is 3.70. The smallest absolute Gasteiger partial charge is 0.250 e. The molecule has 0 radical (unpaired) electrons. The number of benzene rings is 1. The van der Waals surface area contributed by atoms with Crippen molar-refractivity contribution in [1.82, 2.24) is 10.2 Å². The van der Waals surface area contributed by atoms with Crippen LogP contribution in [0.25, 0.3) is 6.08 Å². The Labute approximate surface area is 145 Å². The first-order chi connectivity index (χ1) is 11.5. The average Bonchev–Trinajstić information content (AvgIpc) is 2.96. The van der Waals surface area contributed by atoms with Crippen LogP contribution in [0.5, 0.6) is 11.5 Å². The summed E-state index contributed by atoms with van der Waals surface area (Å²) in [7, 11) is 1.59. The molecule has 0 saturated heterocycles. The zero-order chi connectivity index (χ0) is 17.5. The minimum absolute atomic E-state index is 0.259. The van der Waals surface area contributed by atoms with E-state index in [4.69, 9.17) is 9.47 Å². The van der Waals surface area contributed by atoms with Crippen LogP contribution in [0.3, 0.4) is 0 Å². The van der Waals surface area contributed by atoms with Gasteiger partial charge in [-0.05, 0) is 36.6 Å². The summed E-state index contributed by atoms with van der Waals surface area (Å²) < 4.78 is 11.1. The number of hydrogen-bond donors (Lipinski definition) is 1. The molecule has 0 saturated carbocycles. The van der Waals surface area contributed by atoms with Gasteiger partial charge in [-0.2, -0.15) is 0 Å². The molecule has 0 bridgehead atoms. The second-order valence-corrected chi connectivity index (χ2v) is 6.75. The van der Waals surface area contributed by atoms with Gasteiger partial charge in [0.05, 0.1) is 13.7 Å². The van der Waals surface area contributed by atoms with E-state index in [-0.39, 0.29) is 5.91 Å². The number of aryl methyl sites for hydroxylation is 1. The quantitative estimate of drug-likeness (QED) is 0.776. The van der Waals surface area contributed by atoms with Crippen LogP contribution in [-0.4, -0.2) is 29.8 Å². The number of carbonyl (C=O) groups excluding carboxylic acids is 1. The van der Waals surface area contributed by atoms with Crippen LogP contribution in [0.4, 0.5) is 5.13 Å². The molecule has 0 fully saturated rings. The number of anilines is 1. The molecule has 1 heterocycles. The van der Waals surface area contributed by atoms with Crippen molar-refractivity contribution in [3.8, 4) is 11.5 Å². The van der Waals surface area contributed by atoms with Gasteiger partial charge in [0.2, 0.25) is 11.0 Å². The Bertz CT molecular complexity index is 726. The monoisotopic (exact) mass is 347 g/mol. The maximum Gasteiger partial charge on any atom is 0.250 e. The van der Waals surface area contributed by atoms with Gasteiger partial charge in [0.25, 0.3) is 0 Å². The second-order valence-electron chi connectivity index (χ2n) is 5.56. The maximum atomic E-state index is 11.9. The molecule has 0 aliphatic carbocycles. The van der Waals surface area contributed by atoms with Gasteiger partial charge in [-0.25, -0.2) is 0 Å². The fourth-order valence-electron chi connectivity index (χ4n) is 1.83. The molecule has 0 aliphatic rings. The van der Waals surface area contributed by atoms with Crippen LogP contribution in [0, 0.1) is 12.8 Å². The van der Waals surface area contributed by atoms with Gasteiger partial charge in [0.15, 0.2) is 11.5 Å². The fourth-order valence-corrected chi connectivity index (χ4v) is 2.42. The first-order valence-corrected chi connectivity index (χ1v) is 8.39. The van der Waals surface area contributed by atoms with Gasteiger partial charge in [0.1, 0.15) is 5.01 Å². The summed E-state index contributed by atoms with van der Waals surface area (Å²) >= 11 is 1.33. The number of rotatable bonds is 7. The Morgan fingerprint density at radius 2 is 2.12 bits per heavy atom. The highest BCUT2D eigenvalue weighted by Gasteiger charge is 2.07. The lowest BCUT2D eigenvalue weighted by Gasteiger charge is -2.12. The Balaban J connectivity index is 2.02. The highest BCUT2D eigenvalue weighted by molar-refractivity contribution is 7.15. The van der Waals surface area contributed by atoms with E-state index in [1.54, 1.807) is 13.2 Å². The lowest BCUT2D eigenvalue weighted by atomic mass is 10.2. The Morgan fingerprint density at radius 1 is 1.33 bits per heavy atom. The second kappa shape index (κ2) is 8.44. The third-order valence-electron chi connectivity index (χ3n) is 2.94. The molecule has 0 spiro atoms. The number of carbonyl (C=O) groups is 1. The molecule has 0 aliphatic heterocycles. The molecule has 1 aromatic heterocycles. The van der Waals surface area contributed by atoms with Gasteiger partial charge in [-0.3, -0.25) is 10.1 Å². The summed E-state index contributed by atoms with van der Waals surface area (Å²) in [6.07, 6.45) is 3.15. The molecule has 128 valence electrons. The molecule has 2 aromatic rings. The van der Waals surface area contributed by atoms with Gasteiger partial charge in [0, 0.05) is 6.08 Å². The average molecular weight is 347 g/mol. The highest BCUT2D eigenvalue weighted by Crippen LogP contribution is 2.29. The van der Waals surface area contributed by atoms with Gasteiger partial charge in [-0.1, -0.05) is 31.3 Å². The van der Waals surface area contributed by atoms with E-state index < -0.39 is 0 Å². The van der Waals surface area contributed by atoms with E-state index in [1.165, 1.54) is 17.4 Å². The number of nitrogens with zero attached hydrogens (tertiary/aromatic N) is 2. The van der Waals surface area contributed by atoms with Crippen molar-refractivity contribution in [2.24, 2.45) is 5.92 Å². The Kier molecular flexibility index (Phi) is 6.31. The first-order valence-electron chi connectivity index (χ1n) is 7.58. The molecule has 7 heteroatoms. The third kappa shape index (κ3) is 5.34. The lowest BCUT2D eigenvalue weighted by Crippen LogP contribution is -2.07. The van der Waals surface area contributed by atoms with Crippen molar-refractivity contribution in [1.29, 1.82) is 0 Å². The summed E-state index contributed by atoms with van der Waals surface area (Å²) in [4.78, 5) is 11.9. The topological polar surface area (TPSA) is 73.3 Å². The highest BCUT2D eigenvalue weighted by atomic mass is 32.1. The molecular weight excluding hydrogens is 326 g/mol. The molecule has 24 heavy (non-hydrogen) atoms. The number of ether oxygens (including phenoxy) is 2. The van der Waals surface area contributed by atoms with Crippen molar-refractivity contribution < 1.29 is 14.3 Å². The van der Waals surface area contributed by atoms with E-state index in [2.05, 4.69) is 29.4 Å². The maximum absolute atomic E-state index is 11.9. The number of amides is 1. The number of methoxy groups -OCH3 is 1. The molecule has 6 nitrogen and oxygen atoms in total. The normalized spacial score (nSPS) is 11.0. The van der Waals surface area contributed by atoms with Crippen molar-refractivity contribution in [2.45, 2.75) is 20.8 Å². The molecule has 1 aromatic carbocycles. The van der Waals surface area contributed by atoms with Crippen molar-refractivity contribution in [2.75, 3.05) is 19.0 Å². The van der Waals surface area contributed by atoms with Crippen LogP contribution >= 0.6 is 11.3 Å². The van der Waals surface area contributed by atoms with Crippen molar-refractivity contribution in [3.63, 3.8) is 0 Å². The summed E-state index contributed by atoms with van der Waals surface area (Å²) in [5, 5.41) is 11.7. The van der Waals surface area contributed by atoms with E-state index >= 15 is 0 Å². The first kappa shape index (κ1) is 17.9. The molecule has 1 N–H and O–H groups in total. The molecular formula is C17H21N3O3S. The Morgan fingerprint density at radius 3 is 2.75 bits per heavy atom. The fraction of sp³-hybridized carbons (Fsp3) is 0.353. The van der Waals surface area contributed by atoms with Crippen LogP contribution in [-0.2, 0) is 4.79 Å². The van der Waals surface area contributed by atoms with Gasteiger partial charge >= 0.3 is 0 Å². The predicted octanol–water partition coefficient (Wildman–Crippen LogP) is 3.54. The van der Waals surface area contributed by atoms with Gasteiger partial charge in [-0.15, -0.1) is 10.2 Å². The predicted molar refractivity (Wildman–Crippen MR) is 95.6 cm³/mol. The van der Waals surface area contributed by atoms with Crippen molar-refractivity contribution in [3.05, 3.63) is 34.8 Å². The minimum Gasteiger partial charge on any atom is -0.493 e. The van der Waals surface area contributed by atoms with Crippen LogP contribution < -0.4 is 14.8 Å². The summed E-state index contributed by atoms with van der Waals surface area (Å²) in [6, 6.07) is 5.54. The lowest BCUT2D eigenvalue weighted by molar-refractivity contribution is -0.111. The zero-order valence-corrected chi connectivity index (χ0v) is 15.0. The van der Waals surface area contributed by atoms with E-state index in [9.17, 15) is 4.79 Å². The van der Waals surface area contributed by atoms with Crippen LogP contribution in [0.15, 0.2) is 24.3 Å². The molecule has 1 amide bonds. The molecule has 0 unspecified atom stereocenters. The minimum atomic E-state index is -0.259. The molecule has 0 atom stereocenters. The largest absolute Gasteiger partial charge is 0.493 e. The van der Waals surface area contributed by atoms with E-state index in [0.717, 1.165) is 10.6 Å². The zero-order valence-electron chi connectivity index (χ0n) is 14.2. The van der Waals surface area contributed by atoms with Crippen molar-refractivity contribution >= 4 is 28.5 Å². The van der Waals surface area contributed by atoms with E-state index in [1.807, 2.05) is 25.1 Å². The summed E-state index contributed by atoms with van der Waals surface area (Å²) in [6.45, 7) is 6.62. The Hall–Kier alpha value is -2.41. The number of hydrogen-bond acceptors (Lipinski definition) is 6. The van der Waals surface area contributed by atoms with E-state index in [0.29, 0.717) is 29.2 Å². The van der Waals surface area contributed by atoms with Gasteiger partial charge < -0.3 is 9.47 Å². The summed E-state index contributed by atoms with van der Waals surface area (Å²) in [5.74, 6) is 1.50. The summed E-state index contributed by atoms with van der Waals surface area (Å²) in [5.41, 5.74) is 0.840. The standard InChI is InChI=1S/C17H21N3O3S/c1-11(2)10-23-14-7-5-13(9-15(14)22-4)6-8-16(21)18-17-20-19-12(3)24-17/h5-9,11H,10H2,1-4H3,(H,18,20,21)/b8-6+. The number of aromatic nitrogens is 2. The van der Waals surface area contributed by atoms with Crippen LogP contribution in [0.2, 0.25) is 0 Å². The number of nitrogens with one attached hydrogen (secondary N) is 1. The SMILES string of the molecule is COc1cc(/C=C/C(=O)Nc2nnc(C)s2)ccc1OCC(C)C. The molecule has 2 rings (SSSR count). The van der Waals surface area contributed by atoms with Crippen LogP contribution in [0.1, 0.15) is 24.4 Å².